The van der Waals surface area contributed by atoms with Gasteiger partial charge in [0.1, 0.15) is 5.75 Å². The Bertz CT molecular complexity index is 553. The molecule has 1 atom stereocenters. The Morgan fingerprint density at radius 2 is 1.96 bits per heavy atom. The van der Waals surface area contributed by atoms with Crippen LogP contribution in [0.15, 0.2) is 24.3 Å². The number of methoxy groups -OCH3 is 1. The number of nitrogens with zero attached hydrogens (tertiary/aromatic N) is 1. The summed E-state index contributed by atoms with van der Waals surface area (Å²) in [6.07, 6.45) is 4.58. The highest BCUT2D eigenvalue weighted by molar-refractivity contribution is 7.99. The summed E-state index contributed by atoms with van der Waals surface area (Å²) in [7, 11) is 1.67. The topological polar surface area (TPSA) is 53.6 Å². The summed E-state index contributed by atoms with van der Waals surface area (Å²) < 4.78 is 5.15. The first-order valence-electron chi connectivity index (χ1n) is 9.71. The quantitative estimate of drug-likeness (QED) is 0.767. The van der Waals surface area contributed by atoms with Gasteiger partial charge in [-0.05, 0) is 68.1 Å². The molecule has 0 saturated carbocycles. The third-order valence-electron chi connectivity index (χ3n) is 5.48. The summed E-state index contributed by atoms with van der Waals surface area (Å²) >= 11 is 2.09. The van der Waals surface area contributed by atoms with Crippen LogP contribution in [0.4, 0.5) is 4.79 Å². The number of urea groups is 1. The molecular weight excluding hydrogens is 346 g/mol. The Balaban J connectivity index is 1.27. The standard InChI is InChI=1S/C20H31N3O2S/c1-25-19-4-2-16(3-5-19)6-10-21-20(24)22-14-17-7-11-23(12-8-17)18-9-13-26-15-18/h2-5,17-18H,6-15H2,1H3,(H2,21,22,24)/t18-/m0/s1. The van der Waals surface area contributed by atoms with Gasteiger partial charge in [0.2, 0.25) is 0 Å². The van der Waals surface area contributed by atoms with E-state index in [0.29, 0.717) is 12.5 Å². The first-order chi connectivity index (χ1) is 12.7. The molecule has 2 heterocycles. The summed E-state index contributed by atoms with van der Waals surface area (Å²) in [5.41, 5.74) is 1.20. The summed E-state index contributed by atoms with van der Waals surface area (Å²) in [6.45, 7) is 3.82. The molecular formula is C20H31N3O2S. The maximum Gasteiger partial charge on any atom is 0.314 e. The maximum atomic E-state index is 12.0. The van der Waals surface area contributed by atoms with E-state index in [1.807, 2.05) is 24.3 Å². The van der Waals surface area contributed by atoms with Gasteiger partial charge in [0.25, 0.3) is 0 Å². The highest BCUT2D eigenvalue weighted by Crippen LogP contribution is 2.26. The van der Waals surface area contributed by atoms with Crippen molar-refractivity contribution in [2.24, 2.45) is 5.92 Å². The van der Waals surface area contributed by atoms with E-state index < -0.39 is 0 Å². The summed E-state index contributed by atoms with van der Waals surface area (Å²) in [5.74, 6) is 4.10. The number of thioether (sulfide) groups is 1. The van der Waals surface area contributed by atoms with Crippen LogP contribution in [0.1, 0.15) is 24.8 Å². The van der Waals surface area contributed by atoms with Gasteiger partial charge in [-0.3, -0.25) is 4.90 Å². The second-order valence-electron chi connectivity index (χ2n) is 7.23. The van der Waals surface area contributed by atoms with Gasteiger partial charge < -0.3 is 15.4 Å². The fraction of sp³-hybridized carbons (Fsp3) is 0.650. The minimum absolute atomic E-state index is 0.0480. The molecule has 0 radical (unpaired) electrons. The molecule has 0 aromatic heterocycles. The van der Waals surface area contributed by atoms with Crippen molar-refractivity contribution in [2.75, 3.05) is 44.8 Å². The monoisotopic (exact) mass is 377 g/mol. The van der Waals surface area contributed by atoms with Crippen LogP contribution in [0, 0.1) is 5.92 Å². The zero-order chi connectivity index (χ0) is 18.2. The largest absolute Gasteiger partial charge is 0.497 e. The molecule has 26 heavy (non-hydrogen) atoms. The van der Waals surface area contributed by atoms with E-state index in [2.05, 4.69) is 27.3 Å². The number of likely N-dealkylation sites (tertiary alicyclic amines) is 1. The van der Waals surface area contributed by atoms with Crippen LogP contribution in [0.5, 0.6) is 5.75 Å². The van der Waals surface area contributed by atoms with Gasteiger partial charge in [0, 0.05) is 24.9 Å². The van der Waals surface area contributed by atoms with E-state index in [0.717, 1.165) is 24.8 Å². The van der Waals surface area contributed by atoms with E-state index in [1.54, 1.807) is 7.11 Å². The summed E-state index contributed by atoms with van der Waals surface area (Å²) in [4.78, 5) is 14.7. The lowest BCUT2D eigenvalue weighted by molar-refractivity contribution is 0.143. The van der Waals surface area contributed by atoms with Crippen LogP contribution in [-0.2, 0) is 6.42 Å². The predicted octanol–water partition coefficient (Wildman–Crippen LogP) is 2.75. The molecule has 2 fully saturated rings. The Labute approximate surface area is 161 Å². The molecule has 0 spiro atoms. The number of ether oxygens (including phenoxy) is 1. The van der Waals surface area contributed by atoms with Crippen LogP contribution in [-0.4, -0.2) is 61.8 Å². The lowest BCUT2D eigenvalue weighted by atomic mass is 9.95. The van der Waals surface area contributed by atoms with Crippen LogP contribution < -0.4 is 15.4 Å². The van der Waals surface area contributed by atoms with Gasteiger partial charge in [0.15, 0.2) is 0 Å². The Hall–Kier alpha value is -1.40. The second kappa shape index (κ2) is 10.1. The molecule has 5 nitrogen and oxygen atoms in total. The molecule has 0 bridgehead atoms. The second-order valence-corrected chi connectivity index (χ2v) is 8.38. The van der Waals surface area contributed by atoms with Gasteiger partial charge in [-0.1, -0.05) is 12.1 Å². The summed E-state index contributed by atoms with van der Waals surface area (Å²) in [6, 6.07) is 8.73. The van der Waals surface area contributed by atoms with Crippen LogP contribution in [0.25, 0.3) is 0 Å². The molecule has 0 unspecified atom stereocenters. The molecule has 1 aromatic carbocycles. The third kappa shape index (κ3) is 5.81. The van der Waals surface area contributed by atoms with Crippen LogP contribution >= 0.6 is 11.8 Å². The number of rotatable bonds is 7. The lowest BCUT2D eigenvalue weighted by Gasteiger charge is -2.35. The normalized spacial score (nSPS) is 21.5. The number of piperidine rings is 1. The van der Waals surface area contributed by atoms with Crippen LogP contribution in [0.3, 0.4) is 0 Å². The smallest absolute Gasteiger partial charge is 0.314 e. The fourth-order valence-electron chi connectivity index (χ4n) is 3.74. The molecule has 2 amide bonds. The molecule has 2 aliphatic rings. The first kappa shape index (κ1) is 19.4. The molecule has 144 valence electrons. The minimum atomic E-state index is -0.0480. The number of carbonyl (C=O) groups is 1. The molecule has 2 N–H and O–H groups in total. The minimum Gasteiger partial charge on any atom is -0.497 e. The molecule has 2 aliphatic heterocycles. The summed E-state index contributed by atoms with van der Waals surface area (Å²) in [5, 5.41) is 6.01. The highest BCUT2D eigenvalue weighted by Gasteiger charge is 2.27. The number of carbonyl (C=O) groups excluding carboxylic acids is 1. The zero-order valence-electron chi connectivity index (χ0n) is 15.7. The lowest BCUT2D eigenvalue weighted by Crippen LogP contribution is -2.45. The molecule has 6 heteroatoms. The number of nitrogens with one attached hydrogen (secondary N) is 2. The Morgan fingerprint density at radius 1 is 1.19 bits per heavy atom. The van der Waals surface area contributed by atoms with Gasteiger partial charge in [0.05, 0.1) is 7.11 Å². The van der Waals surface area contributed by atoms with Gasteiger partial charge in [-0.15, -0.1) is 0 Å². The number of benzene rings is 1. The van der Waals surface area contributed by atoms with Crippen molar-refractivity contribution < 1.29 is 9.53 Å². The average molecular weight is 378 g/mol. The van der Waals surface area contributed by atoms with Gasteiger partial charge >= 0.3 is 6.03 Å². The highest BCUT2D eigenvalue weighted by atomic mass is 32.2. The number of amides is 2. The van der Waals surface area contributed by atoms with Crippen molar-refractivity contribution in [2.45, 2.75) is 31.7 Å². The van der Waals surface area contributed by atoms with Crippen molar-refractivity contribution in [3.8, 4) is 5.75 Å². The van der Waals surface area contributed by atoms with E-state index in [9.17, 15) is 4.79 Å². The van der Waals surface area contributed by atoms with E-state index in [-0.39, 0.29) is 6.03 Å². The molecule has 2 saturated heterocycles. The molecule has 3 rings (SSSR count). The number of hydrogen-bond acceptors (Lipinski definition) is 4. The van der Waals surface area contributed by atoms with Crippen molar-refractivity contribution in [1.82, 2.24) is 15.5 Å². The third-order valence-corrected chi connectivity index (χ3v) is 6.63. The maximum absolute atomic E-state index is 12.0. The Morgan fingerprint density at radius 3 is 2.62 bits per heavy atom. The van der Waals surface area contributed by atoms with Gasteiger partial charge in [-0.25, -0.2) is 4.79 Å². The average Bonchev–Trinajstić information content (AvgIpc) is 3.22. The van der Waals surface area contributed by atoms with Gasteiger partial charge in [-0.2, -0.15) is 11.8 Å². The SMILES string of the molecule is COc1ccc(CCNC(=O)NCC2CCN([C@H]3CCSC3)CC2)cc1. The van der Waals surface area contributed by atoms with E-state index in [1.165, 1.54) is 49.4 Å². The molecule has 0 aliphatic carbocycles. The van der Waals surface area contributed by atoms with E-state index in [4.69, 9.17) is 4.74 Å². The predicted molar refractivity (Wildman–Crippen MR) is 108 cm³/mol. The van der Waals surface area contributed by atoms with Crippen molar-refractivity contribution >= 4 is 17.8 Å². The first-order valence-corrected chi connectivity index (χ1v) is 10.9. The Kier molecular flexibility index (Phi) is 7.50. The van der Waals surface area contributed by atoms with Crippen LogP contribution in [0.2, 0.25) is 0 Å². The molecule has 1 aromatic rings. The van der Waals surface area contributed by atoms with Crippen molar-refractivity contribution in [3.63, 3.8) is 0 Å². The number of hydrogen-bond donors (Lipinski definition) is 2. The zero-order valence-corrected chi connectivity index (χ0v) is 16.5. The fourth-order valence-corrected chi connectivity index (χ4v) is 5.00. The van der Waals surface area contributed by atoms with E-state index >= 15 is 0 Å². The van der Waals surface area contributed by atoms with Crippen molar-refractivity contribution in [3.05, 3.63) is 29.8 Å². The van der Waals surface area contributed by atoms with Crippen molar-refractivity contribution in [1.29, 1.82) is 0 Å².